The van der Waals surface area contributed by atoms with Gasteiger partial charge in [0.2, 0.25) is 0 Å². The smallest absolute Gasteiger partial charge is 0.269 e. The van der Waals surface area contributed by atoms with Crippen LogP contribution in [0.1, 0.15) is 16.7 Å². The summed E-state index contributed by atoms with van der Waals surface area (Å²) in [7, 11) is 0. The topological polar surface area (TPSA) is 76.2 Å². The van der Waals surface area contributed by atoms with Crippen LogP contribution in [0, 0.1) is 21.4 Å². The fourth-order valence-corrected chi connectivity index (χ4v) is 3.80. The molecule has 0 fully saturated rings. The van der Waals surface area contributed by atoms with Gasteiger partial charge in [0.25, 0.3) is 5.69 Å². The first kappa shape index (κ1) is 21.3. The first-order valence-corrected chi connectivity index (χ1v) is 10.6. The Morgan fingerprint density at radius 2 is 1.78 bits per heavy atom. The van der Waals surface area contributed by atoms with Crippen LogP contribution in [0.3, 0.4) is 0 Å². The van der Waals surface area contributed by atoms with E-state index in [0.717, 1.165) is 31.9 Å². The zero-order valence-electron chi connectivity index (χ0n) is 16.9. The Morgan fingerprint density at radius 3 is 2.53 bits per heavy atom. The third-order valence-corrected chi connectivity index (χ3v) is 5.51. The van der Waals surface area contributed by atoms with E-state index in [-0.39, 0.29) is 12.3 Å². The maximum Gasteiger partial charge on any atom is 0.269 e. The third kappa shape index (κ3) is 4.69. The van der Waals surface area contributed by atoms with Gasteiger partial charge in [-0.2, -0.15) is 5.26 Å². The summed E-state index contributed by atoms with van der Waals surface area (Å²) >= 11 is 3.49. The lowest BCUT2D eigenvalue weighted by Gasteiger charge is -2.11. The number of non-ortho nitro benzene ring substituents is 1. The van der Waals surface area contributed by atoms with Crippen molar-refractivity contribution in [3.63, 3.8) is 0 Å². The Kier molecular flexibility index (Phi) is 6.29. The van der Waals surface area contributed by atoms with Crippen LogP contribution < -0.4 is 4.74 Å². The van der Waals surface area contributed by atoms with Crippen LogP contribution in [-0.2, 0) is 6.61 Å². The number of hydrogen-bond donors (Lipinski definition) is 0. The molecule has 0 bridgehead atoms. The summed E-state index contributed by atoms with van der Waals surface area (Å²) in [6, 6.07) is 28.0. The SMILES string of the molecule is N#C/C(=C\c1cc(Br)ccc1OCc1ccc([N+](=O)[O-])cc1)c1cccc2ccccc12. The van der Waals surface area contributed by atoms with Gasteiger partial charge in [-0.3, -0.25) is 10.1 Å². The van der Waals surface area contributed by atoms with Crippen LogP contribution >= 0.6 is 15.9 Å². The zero-order chi connectivity index (χ0) is 22.5. The molecule has 4 aromatic rings. The van der Waals surface area contributed by atoms with Crippen molar-refractivity contribution in [1.29, 1.82) is 5.26 Å². The van der Waals surface area contributed by atoms with E-state index in [4.69, 9.17) is 4.74 Å². The van der Waals surface area contributed by atoms with Gasteiger partial charge in [0.15, 0.2) is 0 Å². The van der Waals surface area contributed by atoms with Gasteiger partial charge in [0.05, 0.1) is 16.6 Å². The molecule has 0 aromatic heterocycles. The second kappa shape index (κ2) is 9.46. The van der Waals surface area contributed by atoms with Gasteiger partial charge in [0.1, 0.15) is 12.4 Å². The molecule has 4 rings (SSSR count). The van der Waals surface area contributed by atoms with Crippen molar-refractivity contribution in [2.75, 3.05) is 0 Å². The van der Waals surface area contributed by atoms with Crippen LogP contribution in [0.25, 0.3) is 22.4 Å². The average Bonchev–Trinajstić information content (AvgIpc) is 2.82. The molecule has 156 valence electrons. The molecule has 5 nitrogen and oxygen atoms in total. The lowest BCUT2D eigenvalue weighted by Crippen LogP contribution is -1.98. The van der Waals surface area contributed by atoms with Gasteiger partial charge in [-0.25, -0.2) is 0 Å². The van der Waals surface area contributed by atoms with Crippen molar-refractivity contribution in [2.24, 2.45) is 0 Å². The fourth-order valence-electron chi connectivity index (χ4n) is 3.42. The fraction of sp³-hybridized carbons (Fsp3) is 0.0385. The lowest BCUT2D eigenvalue weighted by molar-refractivity contribution is -0.384. The standard InChI is InChI=1S/C26H17BrN2O3/c27-22-10-13-26(32-17-18-8-11-23(12-9-18)29(30)31)20(15-22)14-21(16-28)25-7-3-5-19-4-1-2-6-24(19)25/h1-15H,17H2/b21-14+. The monoisotopic (exact) mass is 484 g/mol. The third-order valence-electron chi connectivity index (χ3n) is 5.01. The molecule has 0 spiro atoms. The van der Waals surface area contributed by atoms with E-state index in [2.05, 4.69) is 22.0 Å². The second-order valence-electron chi connectivity index (χ2n) is 7.09. The highest BCUT2D eigenvalue weighted by molar-refractivity contribution is 9.10. The summed E-state index contributed by atoms with van der Waals surface area (Å²) in [5.74, 6) is 0.611. The van der Waals surface area contributed by atoms with Crippen molar-refractivity contribution in [3.8, 4) is 11.8 Å². The van der Waals surface area contributed by atoms with Gasteiger partial charge in [-0.1, -0.05) is 58.4 Å². The average molecular weight is 485 g/mol. The molecule has 6 heteroatoms. The van der Waals surface area contributed by atoms with Crippen molar-refractivity contribution in [2.45, 2.75) is 6.61 Å². The van der Waals surface area contributed by atoms with E-state index in [1.54, 1.807) is 12.1 Å². The minimum atomic E-state index is -0.432. The number of hydrogen-bond acceptors (Lipinski definition) is 4. The van der Waals surface area contributed by atoms with Crippen LogP contribution in [0.2, 0.25) is 0 Å². The number of ether oxygens (including phenoxy) is 1. The van der Waals surface area contributed by atoms with E-state index in [1.165, 1.54) is 12.1 Å². The molecule has 0 amide bonds. The minimum absolute atomic E-state index is 0.0368. The summed E-state index contributed by atoms with van der Waals surface area (Å²) in [4.78, 5) is 10.4. The van der Waals surface area contributed by atoms with E-state index >= 15 is 0 Å². The van der Waals surface area contributed by atoms with Crippen LogP contribution in [0.5, 0.6) is 5.75 Å². The maximum atomic E-state index is 10.8. The number of allylic oxidation sites excluding steroid dienone is 1. The zero-order valence-corrected chi connectivity index (χ0v) is 18.5. The van der Waals surface area contributed by atoms with Gasteiger partial charge in [-0.05, 0) is 52.7 Å². The largest absolute Gasteiger partial charge is 0.488 e. The molecule has 32 heavy (non-hydrogen) atoms. The molecule has 0 heterocycles. The molecular weight excluding hydrogens is 468 g/mol. The Labute approximate surface area is 193 Å². The highest BCUT2D eigenvalue weighted by Crippen LogP contribution is 2.31. The molecule has 4 aromatic carbocycles. The number of nitro groups is 1. The normalized spacial score (nSPS) is 11.2. The van der Waals surface area contributed by atoms with Crippen LogP contribution in [-0.4, -0.2) is 4.92 Å². The van der Waals surface area contributed by atoms with Crippen molar-refractivity contribution in [1.82, 2.24) is 0 Å². The highest BCUT2D eigenvalue weighted by atomic mass is 79.9. The van der Waals surface area contributed by atoms with Crippen molar-refractivity contribution in [3.05, 3.63) is 116 Å². The minimum Gasteiger partial charge on any atom is -0.488 e. The number of fused-ring (bicyclic) bond motifs is 1. The number of nitrogens with zero attached hydrogens (tertiary/aromatic N) is 2. The van der Waals surface area contributed by atoms with Gasteiger partial charge in [0, 0.05) is 27.7 Å². The summed E-state index contributed by atoms with van der Waals surface area (Å²) < 4.78 is 6.87. The van der Waals surface area contributed by atoms with E-state index < -0.39 is 4.92 Å². The molecule has 0 aliphatic carbocycles. The first-order chi connectivity index (χ1) is 15.5. The molecule has 0 unspecified atom stereocenters. The Morgan fingerprint density at radius 1 is 1.03 bits per heavy atom. The van der Waals surface area contributed by atoms with E-state index in [9.17, 15) is 15.4 Å². The van der Waals surface area contributed by atoms with Crippen molar-refractivity contribution < 1.29 is 9.66 Å². The Hall–Kier alpha value is -3.95. The number of halogens is 1. The molecule has 0 aliphatic rings. The Bertz CT molecular complexity index is 1370. The number of rotatable bonds is 6. The second-order valence-corrected chi connectivity index (χ2v) is 8.01. The maximum absolute atomic E-state index is 10.8. The summed E-state index contributed by atoms with van der Waals surface area (Å²) in [5.41, 5.74) is 2.98. The quantitative estimate of drug-likeness (QED) is 0.126. The molecule has 0 atom stereocenters. The summed E-state index contributed by atoms with van der Waals surface area (Å²) in [6.07, 6.45) is 1.82. The number of nitriles is 1. The molecule has 0 aliphatic heterocycles. The highest BCUT2D eigenvalue weighted by Gasteiger charge is 2.10. The molecule has 0 N–H and O–H groups in total. The number of benzene rings is 4. The molecule has 0 radical (unpaired) electrons. The van der Waals surface area contributed by atoms with E-state index in [0.29, 0.717) is 11.3 Å². The van der Waals surface area contributed by atoms with Gasteiger partial charge in [-0.15, -0.1) is 0 Å². The number of nitro benzene ring substituents is 1. The van der Waals surface area contributed by atoms with Crippen LogP contribution in [0.15, 0.2) is 89.4 Å². The molecule has 0 saturated heterocycles. The van der Waals surface area contributed by atoms with Gasteiger partial charge < -0.3 is 4.74 Å². The lowest BCUT2D eigenvalue weighted by atomic mass is 9.97. The molecular formula is C26H17BrN2O3. The molecule has 0 saturated carbocycles. The van der Waals surface area contributed by atoms with E-state index in [1.807, 2.05) is 66.7 Å². The Balaban J connectivity index is 1.67. The summed E-state index contributed by atoms with van der Waals surface area (Å²) in [5, 5.41) is 22.8. The summed E-state index contributed by atoms with van der Waals surface area (Å²) in [6.45, 7) is 0.247. The predicted molar refractivity (Wildman–Crippen MR) is 129 cm³/mol. The van der Waals surface area contributed by atoms with Gasteiger partial charge >= 0.3 is 0 Å². The first-order valence-electron chi connectivity index (χ1n) is 9.81. The predicted octanol–water partition coefficient (Wildman–Crippen LogP) is 7.15. The van der Waals surface area contributed by atoms with Crippen molar-refractivity contribution >= 4 is 44.0 Å². The van der Waals surface area contributed by atoms with Crippen LogP contribution in [0.4, 0.5) is 5.69 Å².